The van der Waals surface area contributed by atoms with Crippen LogP contribution in [0.1, 0.15) is 24.2 Å². The summed E-state index contributed by atoms with van der Waals surface area (Å²) < 4.78 is 62.0. The number of sulfonamides is 2. The number of nitrogens with one attached hydrogen (secondary N) is 1. The monoisotopic (exact) mass is 593 g/mol. The summed E-state index contributed by atoms with van der Waals surface area (Å²) in [5.41, 5.74) is 0.262. The van der Waals surface area contributed by atoms with Gasteiger partial charge < -0.3 is 14.7 Å². The number of carbonyl (C=O) groups excluding carboxylic acids is 1. The van der Waals surface area contributed by atoms with Crippen LogP contribution in [0.4, 0.5) is 5.69 Å². The Bertz CT molecular complexity index is 1510. The third kappa shape index (κ3) is 6.28. The first-order valence-corrected chi connectivity index (χ1v) is 16.0. The summed E-state index contributed by atoms with van der Waals surface area (Å²) in [5.74, 6) is -0.540. The number of thiophene rings is 1. The van der Waals surface area contributed by atoms with Gasteiger partial charge in [0.25, 0.3) is 26.0 Å². The molecule has 10 nitrogen and oxygen atoms in total. The fourth-order valence-corrected chi connectivity index (χ4v) is 7.69. The van der Waals surface area contributed by atoms with Gasteiger partial charge in [-0.3, -0.25) is 9.52 Å². The first-order chi connectivity index (χ1) is 18.4. The van der Waals surface area contributed by atoms with Crippen LogP contribution in [0.3, 0.4) is 0 Å². The Balaban J connectivity index is 1.69. The van der Waals surface area contributed by atoms with Gasteiger partial charge in [-0.25, -0.2) is 16.8 Å². The van der Waals surface area contributed by atoms with Crippen molar-refractivity contribution in [2.24, 2.45) is 5.92 Å². The van der Waals surface area contributed by atoms with E-state index in [1.54, 1.807) is 36.6 Å². The van der Waals surface area contributed by atoms with Crippen LogP contribution in [-0.2, 0) is 20.0 Å². The third-order valence-electron chi connectivity index (χ3n) is 6.57. The lowest BCUT2D eigenvalue weighted by Crippen LogP contribution is -2.50. The minimum Gasteiger partial charge on any atom is -0.488 e. The highest BCUT2D eigenvalue weighted by atomic mass is 32.2. The first kappa shape index (κ1) is 29.0. The number of hydrogen-bond donors (Lipinski definition) is 2. The molecule has 2 heterocycles. The summed E-state index contributed by atoms with van der Waals surface area (Å²) in [5, 5.41) is 11.5. The average molecular weight is 594 g/mol. The van der Waals surface area contributed by atoms with E-state index >= 15 is 0 Å². The second kappa shape index (κ2) is 11.6. The molecule has 3 aromatic rings. The second-order valence-electron chi connectivity index (χ2n) is 9.47. The van der Waals surface area contributed by atoms with Crippen molar-refractivity contribution in [3.63, 3.8) is 0 Å². The van der Waals surface area contributed by atoms with E-state index in [-0.39, 0.29) is 51.7 Å². The lowest BCUT2D eigenvalue weighted by Gasteiger charge is -2.38. The maximum absolute atomic E-state index is 13.6. The number of fused-ring (bicyclic) bond motifs is 1. The standard InChI is InChI=1S/C26H31N3O7S3/c1-18-15-29(19(2)17-30)26(31)22-14-20(27-38(32,33)21-8-5-4-6-9-21)11-12-23(22)36-24(18)16-28(3)39(34,35)25-10-7-13-37-25/h4-14,18-19,24,27,30H,15-17H2,1-3H3/t18-,19+,24+/m0/s1. The minimum atomic E-state index is -3.91. The molecule has 39 heavy (non-hydrogen) atoms. The zero-order valence-electron chi connectivity index (χ0n) is 21.7. The molecule has 0 bridgehead atoms. The topological polar surface area (TPSA) is 133 Å². The molecule has 0 saturated heterocycles. The fourth-order valence-electron chi connectivity index (χ4n) is 4.23. The number of benzene rings is 2. The summed E-state index contributed by atoms with van der Waals surface area (Å²) in [7, 11) is -6.17. The van der Waals surface area contributed by atoms with Crippen LogP contribution < -0.4 is 9.46 Å². The van der Waals surface area contributed by atoms with Gasteiger partial charge in [0.05, 0.1) is 29.7 Å². The molecule has 3 atom stereocenters. The quantitative estimate of drug-likeness (QED) is 0.390. The van der Waals surface area contributed by atoms with E-state index < -0.39 is 38.1 Å². The van der Waals surface area contributed by atoms with Gasteiger partial charge in [0.15, 0.2) is 0 Å². The Hall–Kier alpha value is -2.97. The van der Waals surface area contributed by atoms with Crippen molar-refractivity contribution in [3.05, 3.63) is 71.6 Å². The van der Waals surface area contributed by atoms with Crippen molar-refractivity contribution in [2.75, 3.05) is 31.5 Å². The summed E-state index contributed by atoms with van der Waals surface area (Å²) in [4.78, 5) is 15.2. The molecule has 1 aliphatic rings. The van der Waals surface area contributed by atoms with E-state index in [2.05, 4.69) is 4.72 Å². The van der Waals surface area contributed by atoms with E-state index in [0.29, 0.717) is 0 Å². The Morgan fingerprint density at radius 1 is 1.13 bits per heavy atom. The smallest absolute Gasteiger partial charge is 0.261 e. The lowest BCUT2D eigenvalue weighted by molar-refractivity contribution is 0.0387. The zero-order chi connectivity index (χ0) is 28.4. The van der Waals surface area contributed by atoms with Gasteiger partial charge in [0, 0.05) is 25.2 Å². The van der Waals surface area contributed by atoms with E-state index in [4.69, 9.17) is 4.74 Å². The molecule has 2 aromatic carbocycles. The van der Waals surface area contributed by atoms with Crippen LogP contribution >= 0.6 is 11.3 Å². The van der Waals surface area contributed by atoms with Gasteiger partial charge in [-0.15, -0.1) is 11.3 Å². The van der Waals surface area contributed by atoms with Crippen LogP contribution in [0.2, 0.25) is 0 Å². The Morgan fingerprint density at radius 2 is 1.85 bits per heavy atom. The van der Waals surface area contributed by atoms with Gasteiger partial charge in [-0.2, -0.15) is 4.31 Å². The number of aliphatic hydroxyl groups excluding tert-OH is 1. The van der Waals surface area contributed by atoms with Crippen LogP contribution in [0.5, 0.6) is 5.75 Å². The largest absolute Gasteiger partial charge is 0.488 e. The molecule has 13 heteroatoms. The minimum absolute atomic E-state index is 0.0127. The van der Waals surface area contributed by atoms with E-state index in [9.17, 15) is 26.7 Å². The molecule has 0 unspecified atom stereocenters. The number of ether oxygens (including phenoxy) is 1. The van der Waals surface area contributed by atoms with E-state index in [0.717, 1.165) is 11.3 Å². The number of rotatable bonds is 9. The molecule has 0 fully saturated rings. The van der Waals surface area contributed by atoms with Crippen molar-refractivity contribution < 1.29 is 31.5 Å². The average Bonchev–Trinajstić information content (AvgIpc) is 3.47. The third-order valence-corrected chi connectivity index (χ3v) is 11.2. The molecule has 1 aromatic heterocycles. The highest BCUT2D eigenvalue weighted by molar-refractivity contribution is 7.92. The van der Waals surface area contributed by atoms with Gasteiger partial charge in [0.2, 0.25) is 0 Å². The summed E-state index contributed by atoms with van der Waals surface area (Å²) in [6, 6.07) is 14.9. The van der Waals surface area contributed by atoms with Crippen LogP contribution in [0, 0.1) is 5.92 Å². The summed E-state index contributed by atoms with van der Waals surface area (Å²) in [6.45, 7) is 3.48. The normalized spacial score (nSPS) is 19.1. The molecule has 4 rings (SSSR count). The molecule has 0 spiro atoms. The van der Waals surface area contributed by atoms with Crippen molar-refractivity contribution in [2.45, 2.75) is 35.1 Å². The molecule has 0 radical (unpaired) electrons. The fraction of sp³-hybridized carbons (Fsp3) is 0.346. The molecule has 0 saturated carbocycles. The molecule has 1 amide bonds. The molecule has 2 N–H and O–H groups in total. The van der Waals surface area contributed by atoms with E-state index in [1.807, 2.05) is 6.92 Å². The number of hydrogen-bond acceptors (Lipinski definition) is 8. The molecule has 1 aliphatic heterocycles. The molecule has 0 aliphatic carbocycles. The van der Waals surface area contributed by atoms with Crippen molar-refractivity contribution in [1.82, 2.24) is 9.21 Å². The van der Waals surface area contributed by atoms with Crippen LogP contribution in [-0.4, -0.2) is 75.9 Å². The van der Waals surface area contributed by atoms with E-state index in [1.165, 1.54) is 52.7 Å². The number of carbonyl (C=O) groups is 1. The Morgan fingerprint density at radius 3 is 2.49 bits per heavy atom. The van der Waals surface area contributed by atoms with Crippen LogP contribution in [0.15, 0.2) is 75.1 Å². The van der Waals surface area contributed by atoms with Crippen LogP contribution in [0.25, 0.3) is 0 Å². The van der Waals surface area contributed by atoms with Crippen molar-refractivity contribution >= 4 is 43.0 Å². The van der Waals surface area contributed by atoms with Crippen molar-refractivity contribution in [1.29, 1.82) is 0 Å². The Labute approximate surface area is 232 Å². The number of amides is 1. The number of anilines is 1. The van der Waals surface area contributed by atoms with Gasteiger partial charge >= 0.3 is 0 Å². The maximum atomic E-state index is 13.6. The van der Waals surface area contributed by atoms with Gasteiger partial charge in [-0.1, -0.05) is 31.2 Å². The second-order valence-corrected chi connectivity index (χ2v) is 14.4. The first-order valence-electron chi connectivity index (χ1n) is 12.2. The molecular formula is C26H31N3O7S3. The lowest BCUT2D eigenvalue weighted by atomic mass is 9.99. The summed E-state index contributed by atoms with van der Waals surface area (Å²) in [6.07, 6.45) is -0.642. The predicted molar refractivity (Wildman–Crippen MR) is 149 cm³/mol. The van der Waals surface area contributed by atoms with Gasteiger partial charge in [0.1, 0.15) is 16.1 Å². The maximum Gasteiger partial charge on any atom is 0.261 e. The SMILES string of the molecule is C[C@H](CO)N1C[C@H](C)[C@@H](CN(C)S(=O)(=O)c2cccs2)Oc2ccc(NS(=O)(=O)c3ccccc3)cc2C1=O. The number of likely N-dealkylation sites (N-methyl/N-ethyl adjacent to an activating group) is 1. The van der Waals surface area contributed by atoms with Gasteiger partial charge in [-0.05, 0) is 48.7 Å². The summed E-state index contributed by atoms with van der Waals surface area (Å²) >= 11 is 1.12. The number of nitrogens with zero attached hydrogens (tertiary/aromatic N) is 2. The number of aliphatic hydroxyl groups is 1. The molecular weight excluding hydrogens is 563 g/mol. The predicted octanol–water partition coefficient (Wildman–Crippen LogP) is 3.09. The molecule has 210 valence electrons. The van der Waals surface area contributed by atoms with Crippen molar-refractivity contribution in [3.8, 4) is 5.75 Å². The highest BCUT2D eigenvalue weighted by Crippen LogP contribution is 2.32. The highest BCUT2D eigenvalue weighted by Gasteiger charge is 2.35. The Kier molecular flexibility index (Phi) is 8.66. The zero-order valence-corrected chi connectivity index (χ0v) is 24.2.